The number of carbonyl (C=O) groups excluding carboxylic acids is 2. The van der Waals surface area contributed by atoms with Gasteiger partial charge in [0.15, 0.2) is 11.0 Å². The van der Waals surface area contributed by atoms with E-state index in [9.17, 15) is 22.8 Å². The van der Waals surface area contributed by atoms with Crippen LogP contribution in [0.25, 0.3) is 17.1 Å². The molecule has 0 spiro atoms. The molecule has 45 heavy (non-hydrogen) atoms. The molecule has 234 valence electrons. The molecule has 3 aromatic carbocycles. The van der Waals surface area contributed by atoms with Gasteiger partial charge in [-0.1, -0.05) is 31.2 Å². The summed E-state index contributed by atoms with van der Waals surface area (Å²) in [6.45, 7) is 4.31. The number of aliphatic imine (C=N–C) groups is 1. The topological polar surface area (TPSA) is 111 Å². The maximum Gasteiger partial charge on any atom is 0.573 e. The van der Waals surface area contributed by atoms with Gasteiger partial charge in [-0.25, -0.2) is 18.9 Å². The third-order valence-electron chi connectivity index (χ3n) is 6.39. The number of aryl methyl sites for hydroxylation is 1. The minimum Gasteiger partial charge on any atom is -0.494 e. The molecule has 1 aliphatic rings. The number of anilines is 2. The van der Waals surface area contributed by atoms with Crippen LogP contribution in [0.3, 0.4) is 0 Å². The maximum absolute atomic E-state index is 15.1. The van der Waals surface area contributed by atoms with Crippen molar-refractivity contribution < 1.29 is 36.6 Å². The van der Waals surface area contributed by atoms with E-state index in [4.69, 9.17) is 4.74 Å². The number of ether oxygens (including phenoxy) is 2. The summed E-state index contributed by atoms with van der Waals surface area (Å²) in [5, 5.41) is 6.83. The number of hydrogen-bond acceptors (Lipinski definition) is 7. The average molecular weight is 643 g/mol. The molecule has 10 nitrogen and oxygen atoms in total. The van der Waals surface area contributed by atoms with E-state index in [1.165, 1.54) is 40.2 Å². The van der Waals surface area contributed by atoms with Crippen LogP contribution in [0.4, 0.5) is 33.7 Å². The minimum atomic E-state index is -4.81. The van der Waals surface area contributed by atoms with Crippen molar-refractivity contribution in [2.75, 3.05) is 22.6 Å². The second kappa shape index (κ2) is 13.4. The highest BCUT2D eigenvalue weighted by molar-refractivity contribution is 8.15. The number of amides is 3. The molecule has 4 aromatic rings. The third kappa shape index (κ3) is 7.60. The fourth-order valence-corrected chi connectivity index (χ4v) is 5.34. The molecule has 1 aromatic heterocycles. The summed E-state index contributed by atoms with van der Waals surface area (Å²) in [6, 6.07) is 13.5. The molecular formula is C30H26F4N6O4S. The minimum absolute atomic E-state index is 0.0880. The number of carbonyl (C=O) groups is 2. The zero-order valence-corrected chi connectivity index (χ0v) is 24.8. The van der Waals surface area contributed by atoms with Crippen molar-refractivity contribution in [1.29, 1.82) is 0 Å². The van der Waals surface area contributed by atoms with Crippen molar-refractivity contribution in [1.82, 2.24) is 14.8 Å². The number of halogens is 4. The highest BCUT2D eigenvalue weighted by Gasteiger charge is 2.33. The molecule has 0 bridgehead atoms. The second-order valence-electron chi connectivity index (χ2n) is 9.56. The molecule has 1 fully saturated rings. The Morgan fingerprint density at radius 3 is 2.51 bits per heavy atom. The van der Waals surface area contributed by atoms with Gasteiger partial charge >= 0.3 is 12.4 Å². The van der Waals surface area contributed by atoms with Crippen molar-refractivity contribution in [3.63, 3.8) is 0 Å². The SMILES string of the molecule is CCCc1ccc(OCC)cc1N1C(=O)CSC1=NC(=O)Nc1ccc(-c2ncn(-c3ccc(OC(F)(F)F)cc3)n2)cc1F. The Bertz CT molecular complexity index is 1740. The number of nitrogens with one attached hydrogen (secondary N) is 1. The lowest BCUT2D eigenvalue weighted by Gasteiger charge is -2.21. The van der Waals surface area contributed by atoms with Crippen LogP contribution in [0, 0.1) is 5.82 Å². The summed E-state index contributed by atoms with van der Waals surface area (Å²) in [5.74, 6) is -0.616. The van der Waals surface area contributed by atoms with Gasteiger partial charge in [0.05, 0.1) is 29.4 Å². The Morgan fingerprint density at radius 2 is 1.82 bits per heavy atom. The summed E-state index contributed by atoms with van der Waals surface area (Å²) in [5.41, 5.74) is 2.01. The number of aromatic nitrogens is 3. The molecule has 3 amide bonds. The lowest BCUT2D eigenvalue weighted by Crippen LogP contribution is -2.31. The largest absolute Gasteiger partial charge is 0.573 e. The molecule has 15 heteroatoms. The number of thioether (sulfide) groups is 1. The number of benzene rings is 3. The van der Waals surface area contributed by atoms with Crippen LogP contribution in [0.5, 0.6) is 11.5 Å². The molecule has 1 saturated heterocycles. The Labute approximate surface area is 259 Å². The molecule has 0 radical (unpaired) electrons. The molecule has 5 rings (SSSR count). The van der Waals surface area contributed by atoms with E-state index in [2.05, 4.69) is 25.1 Å². The van der Waals surface area contributed by atoms with E-state index >= 15 is 4.39 Å². The van der Waals surface area contributed by atoms with E-state index in [1.54, 1.807) is 6.07 Å². The predicted octanol–water partition coefficient (Wildman–Crippen LogP) is 6.99. The summed E-state index contributed by atoms with van der Waals surface area (Å²) in [6.07, 6.45) is -1.96. The number of alkyl halides is 3. The number of nitrogens with zero attached hydrogens (tertiary/aromatic N) is 5. The number of hydrogen-bond donors (Lipinski definition) is 1. The van der Waals surface area contributed by atoms with Gasteiger partial charge in [-0.3, -0.25) is 9.69 Å². The fourth-order valence-electron chi connectivity index (χ4n) is 4.48. The van der Waals surface area contributed by atoms with Gasteiger partial charge in [0.2, 0.25) is 5.91 Å². The first-order chi connectivity index (χ1) is 21.5. The first kappa shape index (κ1) is 31.5. The Morgan fingerprint density at radius 1 is 1.07 bits per heavy atom. The van der Waals surface area contributed by atoms with Crippen LogP contribution in [0.15, 0.2) is 72.0 Å². The summed E-state index contributed by atoms with van der Waals surface area (Å²) in [4.78, 5) is 35.3. The highest BCUT2D eigenvalue weighted by Crippen LogP contribution is 2.34. The van der Waals surface area contributed by atoms with E-state index in [-0.39, 0.29) is 39.7 Å². The second-order valence-corrected chi connectivity index (χ2v) is 10.5. The summed E-state index contributed by atoms with van der Waals surface area (Å²) < 4.78 is 63.1. The number of urea groups is 1. The molecule has 1 N–H and O–H groups in total. The summed E-state index contributed by atoms with van der Waals surface area (Å²) >= 11 is 1.10. The van der Waals surface area contributed by atoms with Crippen LogP contribution < -0.4 is 19.7 Å². The molecule has 0 atom stereocenters. The van der Waals surface area contributed by atoms with Crippen molar-refractivity contribution in [2.24, 2.45) is 4.99 Å². The normalized spacial score (nSPS) is 14.2. The zero-order chi connectivity index (χ0) is 32.1. The smallest absolute Gasteiger partial charge is 0.494 e. The van der Waals surface area contributed by atoms with E-state index in [0.717, 1.165) is 41.9 Å². The van der Waals surface area contributed by atoms with Gasteiger partial charge in [0.1, 0.15) is 23.6 Å². The molecule has 0 aliphatic carbocycles. The zero-order valence-electron chi connectivity index (χ0n) is 24.0. The van der Waals surface area contributed by atoms with Gasteiger partial charge in [0, 0.05) is 11.6 Å². The van der Waals surface area contributed by atoms with Crippen LogP contribution in [-0.2, 0) is 11.2 Å². The van der Waals surface area contributed by atoms with Crippen molar-refractivity contribution in [2.45, 2.75) is 33.1 Å². The van der Waals surface area contributed by atoms with Gasteiger partial charge in [-0.05, 0) is 67.4 Å². The van der Waals surface area contributed by atoms with E-state index < -0.39 is 18.2 Å². The molecule has 2 heterocycles. The first-order valence-corrected chi connectivity index (χ1v) is 14.7. The van der Waals surface area contributed by atoms with Crippen LogP contribution in [0.1, 0.15) is 25.8 Å². The van der Waals surface area contributed by atoms with Crippen molar-refractivity contribution in [3.05, 3.63) is 78.4 Å². The van der Waals surface area contributed by atoms with E-state index in [0.29, 0.717) is 30.2 Å². The predicted molar refractivity (Wildman–Crippen MR) is 161 cm³/mol. The molecule has 1 aliphatic heterocycles. The van der Waals surface area contributed by atoms with Gasteiger partial charge in [-0.2, -0.15) is 4.99 Å². The van der Waals surface area contributed by atoms with Crippen LogP contribution >= 0.6 is 11.8 Å². The molecular weight excluding hydrogens is 616 g/mol. The molecule has 0 unspecified atom stereocenters. The Balaban J connectivity index is 1.31. The fraction of sp³-hybridized carbons (Fsp3) is 0.233. The maximum atomic E-state index is 15.1. The van der Waals surface area contributed by atoms with E-state index in [1.807, 2.05) is 26.0 Å². The van der Waals surface area contributed by atoms with Gasteiger partial charge < -0.3 is 14.8 Å². The Hall–Kier alpha value is -4.92. The quantitative estimate of drug-likeness (QED) is 0.196. The number of rotatable bonds is 9. The lowest BCUT2D eigenvalue weighted by atomic mass is 10.1. The van der Waals surface area contributed by atoms with Crippen molar-refractivity contribution >= 4 is 40.2 Å². The lowest BCUT2D eigenvalue weighted by molar-refractivity contribution is -0.274. The van der Waals surface area contributed by atoms with Gasteiger partial charge in [-0.15, -0.1) is 18.3 Å². The van der Waals surface area contributed by atoms with Gasteiger partial charge in [0.25, 0.3) is 0 Å². The number of amidine groups is 1. The van der Waals surface area contributed by atoms with Crippen LogP contribution in [-0.4, -0.2) is 50.6 Å². The Kier molecular flexibility index (Phi) is 9.37. The first-order valence-electron chi connectivity index (χ1n) is 13.7. The standard InChI is InChI=1S/C30H26F4N6O4S/c1-3-5-18-6-10-22(43-4-2)15-25(18)40-26(41)16-45-29(40)37-28(42)36-24-13-7-19(14-23(24)31)27-35-17-39(38-27)20-8-11-21(12-9-20)44-30(32,33)34/h6-15,17H,3-5,16H2,1-2H3,(H,36,42). The summed E-state index contributed by atoms with van der Waals surface area (Å²) in [7, 11) is 0. The van der Waals surface area contributed by atoms with Crippen molar-refractivity contribution in [3.8, 4) is 28.6 Å². The third-order valence-corrected chi connectivity index (χ3v) is 7.31. The molecule has 0 saturated carbocycles. The highest BCUT2D eigenvalue weighted by atomic mass is 32.2. The average Bonchev–Trinajstić information content (AvgIpc) is 3.62. The van der Waals surface area contributed by atoms with Crippen LogP contribution in [0.2, 0.25) is 0 Å². The monoisotopic (exact) mass is 642 g/mol.